The van der Waals surface area contributed by atoms with Gasteiger partial charge in [-0.1, -0.05) is 24.0 Å². The van der Waals surface area contributed by atoms with Gasteiger partial charge in [0.15, 0.2) is 0 Å². The number of rotatable bonds is 2. The third kappa shape index (κ3) is 1.77. The van der Waals surface area contributed by atoms with Crippen molar-refractivity contribution in [2.45, 2.75) is 6.32 Å². The molecule has 0 heterocycles. The molecule has 0 aliphatic heterocycles. The van der Waals surface area contributed by atoms with Gasteiger partial charge in [0.1, 0.15) is 0 Å². The molecule has 0 aromatic heterocycles. The van der Waals surface area contributed by atoms with Crippen LogP contribution in [0.2, 0.25) is 5.02 Å². The number of hydrogen-bond donors (Lipinski definition) is 0. The molecule has 60 valence electrons. The highest BCUT2D eigenvalue weighted by atomic mass is 35.5. The molecule has 1 aromatic carbocycles. The van der Waals surface area contributed by atoms with Gasteiger partial charge in [-0.05, 0) is 5.56 Å². The first kappa shape index (κ1) is 9.07. The topological polar surface area (TPSA) is 43.1 Å². The second kappa shape index (κ2) is 3.58. The maximum Gasteiger partial charge on any atom is 0.270 e. The third-order valence-corrected chi connectivity index (χ3v) is 1.82. The van der Waals surface area contributed by atoms with Gasteiger partial charge in [-0.15, -0.1) is 0 Å². The molecule has 0 aliphatic rings. The SMILES string of the molecule is [B]Cc1ccc([N+](=O)[O-])cc1Cl. The summed E-state index contributed by atoms with van der Waals surface area (Å²) >= 11 is 5.69. The van der Waals surface area contributed by atoms with Crippen molar-refractivity contribution >= 4 is 25.1 Å². The number of nitrogens with zero attached hydrogens (tertiary/aromatic N) is 1. The van der Waals surface area contributed by atoms with Gasteiger partial charge in [0.2, 0.25) is 0 Å². The molecule has 3 nitrogen and oxygen atoms in total. The first-order chi connectivity index (χ1) is 5.65. The van der Waals surface area contributed by atoms with E-state index in [1.165, 1.54) is 12.1 Å². The Morgan fingerprint density at radius 3 is 2.67 bits per heavy atom. The van der Waals surface area contributed by atoms with Crippen LogP contribution in [0.1, 0.15) is 5.56 Å². The van der Waals surface area contributed by atoms with E-state index in [0.717, 1.165) is 0 Å². The summed E-state index contributed by atoms with van der Waals surface area (Å²) in [7, 11) is 5.32. The molecule has 0 spiro atoms. The van der Waals surface area contributed by atoms with E-state index in [4.69, 9.17) is 19.4 Å². The van der Waals surface area contributed by atoms with E-state index in [-0.39, 0.29) is 12.0 Å². The molecule has 0 bridgehead atoms. The Kier molecular flexibility index (Phi) is 2.71. The predicted molar refractivity (Wildman–Crippen MR) is 47.6 cm³/mol. The molecule has 0 saturated carbocycles. The Balaban J connectivity index is 3.10. The van der Waals surface area contributed by atoms with Gasteiger partial charge >= 0.3 is 0 Å². The highest BCUT2D eigenvalue weighted by molar-refractivity contribution is 6.32. The number of nitro groups is 1. The summed E-state index contributed by atoms with van der Waals surface area (Å²) < 4.78 is 0. The fourth-order valence-electron chi connectivity index (χ4n) is 0.815. The first-order valence-electron chi connectivity index (χ1n) is 3.28. The maximum atomic E-state index is 10.3. The molecule has 0 N–H and O–H groups in total. The van der Waals surface area contributed by atoms with Crippen LogP contribution in [0.25, 0.3) is 0 Å². The van der Waals surface area contributed by atoms with Crippen molar-refractivity contribution in [3.63, 3.8) is 0 Å². The van der Waals surface area contributed by atoms with Gasteiger partial charge in [-0.25, -0.2) is 0 Å². The summed E-state index contributed by atoms with van der Waals surface area (Å²) in [6.45, 7) is 0. The Bertz CT molecular complexity index is 316. The molecule has 0 aliphatic carbocycles. The van der Waals surface area contributed by atoms with E-state index in [1.807, 2.05) is 0 Å². The quantitative estimate of drug-likeness (QED) is 0.397. The molecule has 0 atom stereocenters. The Hall–Kier alpha value is -1.03. The summed E-state index contributed by atoms with van der Waals surface area (Å²) in [4.78, 5) is 9.77. The monoisotopic (exact) mass is 181 g/mol. The maximum absolute atomic E-state index is 10.3. The highest BCUT2D eigenvalue weighted by Gasteiger charge is 2.07. The lowest BCUT2D eigenvalue weighted by Gasteiger charge is -1.98. The molecule has 12 heavy (non-hydrogen) atoms. The van der Waals surface area contributed by atoms with Crippen LogP contribution in [0, 0.1) is 10.1 Å². The van der Waals surface area contributed by atoms with E-state index >= 15 is 0 Å². The van der Waals surface area contributed by atoms with Gasteiger partial charge in [-0.3, -0.25) is 10.1 Å². The minimum atomic E-state index is -0.494. The van der Waals surface area contributed by atoms with E-state index in [2.05, 4.69) is 0 Å². The number of nitro benzene ring substituents is 1. The van der Waals surface area contributed by atoms with Gasteiger partial charge in [0.25, 0.3) is 5.69 Å². The summed E-state index contributed by atoms with van der Waals surface area (Å²) in [6.07, 6.45) is 0.289. The molecule has 1 aromatic rings. The molecule has 0 saturated heterocycles. The molecule has 0 amide bonds. The van der Waals surface area contributed by atoms with Crippen molar-refractivity contribution in [1.29, 1.82) is 0 Å². The van der Waals surface area contributed by atoms with Crippen molar-refractivity contribution < 1.29 is 4.92 Å². The minimum Gasteiger partial charge on any atom is -0.258 e. The van der Waals surface area contributed by atoms with E-state index in [1.54, 1.807) is 6.07 Å². The number of halogens is 1. The largest absolute Gasteiger partial charge is 0.270 e. The zero-order valence-electron chi connectivity index (χ0n) is 6.16. The summed E-state index contributed by atoms with van der Waals surface area (Å²) in [5.41, 5.74) is 0.694. The van der Waals surface area contributed by atoms with Crippen LogP contribution in [0.3, 0.4) is 0 Å². The predicted octanol–water partition coefficient (Wildman–Crippen LogP) is 1.92. The second-order valence-corrected chi connectivity index (χ2v) is 2.64. The lowest BCUT2D eigenvalue weighted by Crippen LogP contribution is -1.90. The molecule has 5 heteroatoms. The minimum absolute atomic E-state index is 0.0165. The van der Waals surface area contributed by atoms with Crippen LogP contribution in [-0.2, 0) is 6.32 Å². The summed E-state index contributed by atoms with van der Waals surface area (Å²) in [5.74, 6) is 0. The molecule has 0 unspecified atom stereocenters. The number of hydrogen-bond acceptors (Lipinski definition) is 2. The molecule has 0 fully saturated rings. The fourth-order valence-corrected chi connectivity index (χ4v) is 1.07. The van der Waals surface area contributed by atoms with Gasteiger partial charge in [0.05, 0.1) is 12.8 Å². The Morgan fingerprint density at radius 1 is 1.58 bits per heavy atom. The number of benzene rings is 1. The van der Waals surface area contributed by atoms with E-state index in [0.29, 0.717) is 10.6 Å². The zero-order chi connectivity index (χ0) is 9.14. The first-order valence-corrected chi connectivity index (χ1v) is 3.66. The van der Waals surface area contributed by atoms with Gasteiger partial charge in [-0.2, -0.15) is 0 Å². The van der Waals surface area contributed by atoms with Crippen LogP contribution in [-0.4, -0.2) is 12.8 Å². The average Bonchev–Trinajstić information content (AvgIpc) is 2.04. The van der Waals surface area contributed by atoms with Crippen molar-refractivity contribution in [1.82, 2.24) is 0 Å². The van der Waals surface area contributed by atoms with Crippen LogP contribution in [0.5, 0.6) is 0 Å². The Labute approximate surface area is 75.9 Å². The molecular formula is C7H5BClNO2. The van der Waals surface area contributed by atoms with Crippen molar-refractivity contribution in [3.8, 4) is 0 Å². The fraction of sp³-hybridized carbons (Fsp3) is 0.143. The van der Waals surface area contributed by atoms with Crippen molar-refractivity contribution in [3.05, 3.63) is 38.9 Å². The standard InChI is InChI=1S/C7H5BClNO2/c8-4-5-1-2-6(10(11)12)3-7(5)9/h1-3H,4H2. The summed E-state index contributed by atoms with van der Waals surface area (Å²) in [6, 6.07) is 4.23. The normalized spacial score (nSPS) is 9.75. The van der Waals surface area contributed by atoms with Crippen LogP contribution >= 0.6 is 11.6 Å². The van der Waals surface area contributed by atoms with Crippen LogP contribution in [0.15, 0.2) is 18.2 Å². The molecular weight excluding hydrogens is 176 g/mol. The number of non-ortho nitro benzene ring substituents is 1. The van der Waals surface area contributed by atoms with Crippen molar-refractivity contribution in [2.75, 3.05) is 0 Å². The van der Waals surface area contributed by atoms with Gasteiger partial charge < -0.3 is 0 Å². The van der Waals surface area contributed by atoms with E-state index in [9.17, 15) is 10.1 Å². The molecule has 1 rings (SSSR count). The van der Waals surface area contributed by atoms with Crippen molar-refractivity contribution in [2.24, 2.45) is 0 Å². The van der Waals surface area contributed by atoms with Gasteiger partial charge in [0, 0.05) is 17.2 Å². The van der Waals surface area contributed by atoms with Crippen LogP contribution in [0.4, 0.5) is 5.69 Å². The zero-order valence-corrected chi connectivity index (χ0v) is 6.91. The Morgan fingerprint density at radius 2 is 2.25 bits per heavy atom. The second-order valence-electron chi connectivity index (χ2n) is 2.24. The van der Waals surface area contributed by atoms with E-state index < -0.39 is 4.92 Å². The highest BCUT2D eigenvalue weighted by Crippen LogP contribution is 2.21. The lowest BCUT2D eigenvalue weighted by molar-refractivity contribution is -0.384. The lowest BCUT2D eigenvalue weighted by atomic mass is 9.97. The third-order valence-electron chi connectivity index (χ3n) is 1.47. The smallest absolute Gasteiger partial charge is 0.258 e. The average molecular weight is 181 g/mol. The summed E-state index contributed by atoms with van der Waals surface area (Å²) in [5, 5.41) is 10.6. The molecule has 2 radical (unpaired) electrons. The van der Waals surface area contributed by atoms with Crippen LogP contribution < -0.4 is 0 Å².